The average Bonchev–Trinajstić information content (AvgIpc) is 2.26. The maximum atomic E-state index is 12.0. The molecule has 0 saturated carbocycles. The largest absolute Gasteiger partial charge is 0.307 e. The van der Waals surface area contributed by atoms with Crippen LogP contribution in [0.3, 0.4) is 0 Å². The fraction of sp³-hybridized carbons (Fsp3) is 0.462. The van der Waals surface area contributed by atoms with Crippen LogP contribution in [0, 0.1) is 5.92 Å². The van der Waals surface area contributed by atoms with Crippen molar-refractivity contribution in [1.82, 2.24) is 5.32 Å². The summed E-state index contributed by atoms with van der Waals surface area (Å²) in [5.41, 5.74) is 0.756. The molecule has 16 heavy (non-hydrogen) atoms. The van der Waals surface area contributed by atoms with Crippen LogP contribution in [-0.4, -0.2) is 18.4 Å². The normalized spacial score (nSPS) is 12.8. The monoisotopic (exact) mass is 283 g/mol. The van der Waals surface area contributed by atoms with Crippen molar-refractivity contribution in [2.75, 3.05) is 6.54 Å². The van der Waals surface area contributed by atoms with Crippen molar-refractivity contribution in [3.05, 3.63) is 34.3 Å². The Balaban J connectivity index is 2.60. The minimum Gasteiger partial charge on any atom is -0.307 e. The number of rotatable bonds is 5. The SMILES string of the molecule is CC(C)CNC(C)C(=O)c1ccc(Br)cc1. The smallest absolute Gasteiger partial charge is 0.179 e. The zero-order valence-electron chi connectivity index (χ0n) is 9.96. The number of hydrogen-bond acceptors (Lipinski definition) is 2. The summed E-state index contributed by atoms with van der Waals surface area (Å²) in [6, 6.07) is 7.36. The number of Topliss-reactive ketones (excluding diaryl/α,β-unsaturated/α-hetero) is 1. The Labute approximate surface area is 106 Å². The summed E-state index contributed by atoms with van der Waals surface area (Å²) in [7, 11) is 0. The third kappa shape index (κ3) is 4.06. The third-order valence-electron chi connectivity index (χ3n) is 2.35. The van der Waals surface area contributed by atoms with E-state index in [1.807, 2.05) is 31.2 Å². The molecule has 3 heteroatoms. The summed E-state index contributed by atoms with van der Waals surface area (Å²) in [4.78, 5) is 12.0. The van der Waals surface area contributed by atoms with Gasteiger partial charge in [-0.1, -0.05) is 41.9 Å². The van der Waals surface area contributed by atoms with E-state index >= 15 is 0 Å². The Bertz CT molecular complexity index is 345. The number of ketones is 1. The first-order valence-electron chi connectivity index (χ1n) is 5.54. The van der Waals surface area contributed by atoms with Crippen LogP contribution in [0.15, 0.2) is 28.7 Å². The fourth-order valence-corrected chi connectivity index (χ4v) is 1.63. The number of hydrogen-bond donors (Lipinski definition) is 1. The molecular formula is C13H18BrNO. The first kappa shape index (κ1) is 13.4. The third-order valence-corrected chi connectivity index (χ3v) is 2.88. The molecule has 1 rings (SSSR count). The minimum absolute atomic E-state index is 0.122. The Morgan fingerprint density at radius 3 is 2.31 bits per heavy atom. The Hall–Kier alpha value is -0.670. The highest BCUT2D eigenvalue weighted by molar-refractivity contribution is 9.10. The van der Waals surface area contributed by atoms with Crippen LogP contribution < -0.4 is 5.32 Å². The van der Waals surface area contributed by atoms with E-state index < -0.39 is 0 Å². The Kier molecular flexibility index (Phi) is 5.16. The lowest BCUT2D eigenvalue weighted by molar-refractivity contribution is 0.0949. The van der Waals surface area contributed by atoms with Gasteiger partial charge in [-0.05, 0) is 31.5 Å². The van der Waals surface area contributed by atoms with Crippen molar-refractivity contribution in [2.24, 2.45) is 5.92 Å². The number of carbonyl (C=O) groups excluding carboxylic acids is 1. The van der Waals surface area contributed by atoms with Crippen molar-refractivity contribution >= 4 is 21.7 Å². The summed E-state index contributed by atoms with van der Waals surface area (Å²) in [6.45, 7) is 7.03. The van der Waals surface area contributed by atoms with Gasteiger partial charge in [-0.3, -0.25) is 4.79 Å². The van der Waals surface area contributed by atoms with Crippen LogP contribution in [0.25, 0.3) is 0 Å². The van der Waals surface area contributed by atoms with E-state index in [1.54, 1.807) is 0 Å². The quantitative estimate of drug-likeness (QED) is 0.841. The molecule has 0 fully saturated rings. The van der Waals surface area contributed by atoms with Gasteiger partial charge in [0.15, 0.2) is 5.78 Å². The van der Waals surface area contributed by atoms with E-state index in [-0.39, 0.29) is 11.8 Å². The summed E-state index contributed by atoms with van der Waals surface area (Å²) >= 11 is 3.35. The van der Waals surface area contributed by atoms with Gasteiger partial charge in [0.05, 0.1) is 6.04 Å². The molecule has 1 N–H and O–H groups in total. The molecule has 0 bridgehead atoms. The molecule has 1 unspecified atom stereocenters. The van der Waals surface area contributed by atoms with Gasteiger partial charge < -0.3 is 5.32 Å². The molecule has 0 amide bonds. The molecular weight excluding hydrogens is 266 g/mol. The molecule has 0 aliphatic heterocycles. The maximum absolute atomic E-state index is 12.0. The maximum Gasteiger partial charge on any atom is 0.179 e. The highest BCUT2D eigenvalue weighted by Crippen LogP contribution is 2.12. The molecule has 0 spiro atoms. The van der Waals surface area contributed by atoms with Gasteiger partial charge in [-0.25, -0.2) is 0 Å². The Morgan fingerprint density at radius 1 is 1.25 bits per heavy atom. The van der Waals surface area contributed by atoms with E-state index in [9.17, 15) is 4.79 Å². The molecule has 2 nitrogen and oxygen atoms in total. The Morgan fingerprint density at radius 2 is 1.81 bits per heavy atom. The van der Waals surface area contributed by atoms with E-state index in [0.29, 0.717) is 5.92 Å². The first-order chi connectivity index (χ1) is 7.50. The topological polar surface area (TPSA) is 29.1 Å². The molecule has 1 aromatic rings. The van der Waals surface area contributed by atoms with Crippen LogP contribution in [-0.2, 0) is 0 Å². The van der Waals surface area contributed by atoms with Crippen molar-refractivity contribution < 1.29 is 4.79 Å². The van der Waals surface area contributed by atoms with Crippen LogP contribution in [0.4, 0.5) is 0 Å². The number of nitrogens with one attached hydrogen (secondary N) is 1. The summed E-state index contributed by atoms with van der Waals surface area (Å²) < 4.78 is 0.992. The standard InChI is InChI=1S/C13H18BrNO/c1-9(2)8-15-10(3)13(16)11-4-6-12(14)7-5-11/h4-7,9-10,15H,8H2,1-3H3. The van der Waals surface area contributed by atoms with Gasteiger partial charge in [0.2, 0.25) is 0 Å². The lowest BCUT2D eigenvalue weighted by atomic mass is 10.1. The minimum atomic E-state index is -0.122. The highest BCUT2D eigenvalue weighted by atomic mass is 79.9. The molecule has 0 aliphatic carbocycles. The molecule has 0 heterocycles. The van der Waals surface area contributed by atoms with Crippen LogP contribution in [0.2, 0.25) is 0 Å². The van der Waals surface area contributed by atoms with Gasteiger partial charge in [-0.2, -0.15) is 0 Å². The van der Waals surface area contributed by atoms with E-state index in [0.717, 1.165) is 16.6 Å². The van der Waals surface area contributed by atoms with Crippen LogP contribution in [0.1, 0.15) is 31.1 Å². The van der Waals surface area contributed by atoms with Gasteiger partial charge in [0, 0.05) is 10.0 Å². The van der Waals surface area contributed by atoms with Gasteiger partial charge >= 0.3 is 0 Å². The lowest BCUT2D eigenvalue weighted by Gasteiger charge is -2.14. The van der Waals surface area contributed by atoms with E-state index in [1.165, 1.54) is 0 Å². The zero-order chi connectivity index (χ0) is 12.1. The zero-order valence-corrected chi connectivity index (χ0v) is 11.5. The van der Waals surface area contributed by atoms with Gasteiger partial charge in [0.1, 0.15) is 0 Å². The van der Waals surface area contributed by atoms with Crippen molar-refractivity contribution in [3.8, 4) is 0 Å². The second kappa shape index (κ2) is 6.16. The van der Waals surface area contributed by atoms with Gasteiger partial charge in [0.25, 0.3) is 0 Å². The molecule has 1 aromatic carbocycles. The predicted molar refractivity (Wildman–Crippen MR) is 70.8 cm³/mol. The van der Waals surface area contributed by atoms with E-state index in [4.69, 9.17) is 0 Å². The summed E-state index contributed by atoms with van der Waals surface area (Å²) in [5, 5.41) is 3.23. The van der Waals surface area contributed by atoms with E-state index in [2.05, 4.69) is 35.1 Å². The molecule has 0 radical (unpaired) electrons. The molecule has 0 aromatic heterocycles. The number of carbonyl (C=O) groups is 1. The summed E-state index contributed by atoms with van der Waals surface area (Å²) in [5.74, 6) is 0.702. The molecule has 88 valence electrons. The molecule has 0 saturated heterocycles. The highest BCUT2D eigenvalue weighted by Gasteiger charge is 2.14. The van der Waals surface area contributed by atoms with Crippen molar-refractivity contribution in [3.63, 3.8) is 0 Å². The van der Waals surface area contributed by atoms with Crippen molar-refractivity contribution in [1.29, 1.82) is 0 Å². The lowest BCUT2D eigenvalue weighted by Crippen LogP contribution is -2.36. The summed E-state index contributed by atoms with van der Waals surface area (Å²) in [6.07, 6.45) is 0. The van der Waals surface area contributed by atoms with Crippen molar-refractivity contribution in [2.45, 2.75) is 26.8 Å². The molecule has 0 aliphatic rings. The number of halogens is 1. The van der Waals surface area contributed by atoms with Gasteiger partial charge in [-0.15, -0.1) is 0 Å². The fourth-order valence-electron chi connectivity index (χ4n) is 1.37. The second-order valence-corrected chi connectivity index (χ2v) is 5.31. The molecule has 1 atom stereocenters. The number of benzene rings is 1. The first-order valence-corrected chi connectivity index (χ1v) is 6.33. The predicted octanol–water partition coefficient (Wildman–Crippen LogP) is 3.27. The van der Waals surface area contributed by atoms with Crippen LogP contribution in [0.5, 0.6) is 0 Å². The van der Waals surface area contributed by atoms with Crippen LogP contribution >= 0.6 is 15.9 Å². The average molecular weight is 284 g/mol. The second-order valence-electron chi connectivity index (χ2n) is 4.39.